The fourth-order valence-electron chi connectivity index (χ4n) is 2.16. The summed E-state index contributed by atoms with van der Waals surface area (Å²) in [7, 11) is 6.09. The lowest BCUT2D eigenvalue weighted by Gasteiger charge is -2.17. The average Bonchev–Trinajstić information content (AvgIpc) is 2.93. The van der Waals surface area contributed by atoms with Crippen LogP contribution in [-0.2, 0) is 6.54 Å². The molecule has 0 fully saturated rings. The monoisotopic (exact) mass is 303 g/mol. The molecule has 6 heteroatoms. The van der Waals surface area contributed by atoms with Gasteiger partial charge in [0.25, 0.3) is 5.69 Å². The van der Waals surface area contributed by atoms with Crippen molar-refractivity contribution in [3.63, 3.8) is 0 Å². The summed E-state index contributed by atoms with van der Waals surface area (Å²) in [5.41, 5.74) is 0.569. The molecule has 1 aromatic heterocycles. The predicted octanol–water partition coefficient (Wildman–Crippen LogP) is 2.85. The van der Waals surface area contributed by atoms with Gasteiger partial charge in [-0.15, -0.1) is 0 Å². The van der Waals surface area contributed by atoms with E-state index in [9.17, 15) is 10.1 Å². The van der Waals surface area contributed by atoms with Crippen LogP contribution in [0.2, 0.25) is 0 Å². The molecule has 0 aliphatic heterocycles. The standard InChI is InChI=1S/C16H21N3O3/c1-17(2)10-11-18(3)12-13-8-9-16(22-13)14-6-4-5-7-15(14)19(20)21/h4-9H,10-12H2,1-3H3. The first-order chi connectivity index (χ1) is 10.5. The van der Waals surface area contributed by atoms with Gasteiger partial charge in [-0.2, -0.15) is 0 Å². The summed E-state index contributed by atoms with van der Waals surface area (Å²) in [5.74, 6) is 1.33. The normalized spacial score (nSPS) is 11.3. The van der Waals surface area contributed by atoms with E-state index in [2.05, 4.69) is 9.80 Å². The number of likely N-dealkylation sites (N-methyl/N-ethyl adjacent to an activating group) is 2. The summed E-state index contributed by atoms with van der Waals surface area (Å²) >= 11 is 0. The minimum absolute atomic E-state index is 0.0596. The third-order valence-corrected chi connectivity index (χ3v) is 3.38. The largest absolute Gasteiger partial charge is 0.459 e. The fraction of sp³-hybridized carbons (Fsp3) is 0.375. The van der Waals surface area contributed by atoms with E-state index >= 15 is 0 Å². The maximum atomic E-state index is 11.1. The number of hydrogen-bond acceptors (Lipinski definition) is 5. The summed E-state index contributed by atoms with van der Waals surface area (Å²) in [6.45, 7) is 2.57. The van der Waals surface area contributed by atoms with Crippen molar-refractivity contribution in [1.82, 2.24) is 9.80 Å². The van der Waals surface area contributed by atoms with Gasteiger partial charge in [0, 0.05) is 19.2 Å². The highest BCUT2D eigenvalue weighted by atomic mass is 16.6. The quantitative estimate of drug-likeness (QED) is 0.581. The summed E-state index contributed by atoms with van der Waals surface area (Å²) in [4.78, 5) is 15.0. The van der Waals surface area contributed by atoms with Gasteiger partial charge >= 0.3 is 0 Å². The van der Waals surface area contributed by atoms with Gasteiger partial charge in [0.15, 0.2) is 0 Å². The van der Waals surface area contributed by atoms with Gasteiger partial charge in [-0.25, -0.2) is 0 Å². The number of para-hydroxylation sites is 1. The van der Waals surface area contributed by atoms with Crippen molar-refractivity contribution in [2.24, 2.45) is 0 Å². The number of furan rings is 1. The van der Waals surface area contributed by atoms with Gasteiger partial charge in [0.2, 0.25) is 0 Å². The summed E-state index contributed by atoms with van der Waals surface area (Å²) in [6, 6.07) is 10.3. The molecule has 0 radical (unpaired) electrons. The third-order valence-electron chi connectivity index (χ3n) is 3.38. The smallest absolute Gasteiger partial charge is 0.280 e. The van der Waals surface area contributed by atoms with E-state index in [0.717, 1.165) is 18.8 Å². The Morgan fingerprint density at radius 3 is 2.50 bits per heavy atom. The van der Waals surface area contributed by atoms with Crippen molar-refractivity contribution < 1.29 is 9.34 Å². The van der Waals surface area contributed by atoms with Crippen molar-refractivity contribution in [1.29, 1.82) is 0 Å². The molecule has 2 aromatic rings. The van der Waals surface area contributed by atoms with Crippen LogP contribution in [0.25, 0.3) is 11.3 Å². The molecule has 118 valence electrons. The van der Waals surface area contributed by atoms with Crippen molar-refractivity contribution in [2.45, 2.75) is 6.54 Å². The molecular formula is C16H21N3O3. The first-order valence-corrected chi connectivity index (χ1v) is 7.13. The summed E-state index contributed by atoms with van der Waals surface area (Å²) in [5, 5.41) is 11.1. The minimum atomic E-state index is -0.388. The Bertz CT molecular complexity index is 637. The molecule has 0 aliphatic rings. The number of nitrogens with zero attached hydrogens (tertiary/aromatic N) is 3. The zero-order valence-electron chi connectivity index (χ0n) is 13.2. The molecular weight excluding hydrogens is 282 g/mol. The number of rotatable bonds is 7. The Labute approximate surface area is 130 Å². The SMILES string of the molecule is CN(C)CCN(C)Cc1ccc(-c2ccccc2[N+](=O)[O-])o1. The first-order valence-electron chi connectivity index (χ1n) is 7.13. The van der Waals surface area contributed by atoms with E-state index in [1.807, 2.05) is 27.2 Å². The van der Waals surface area contributed by atoms with Crippen LogP contribution in [-0.4, -0.2) is 49.0 Å². The average molecular weight is 303 g/mol. The highest BCUT2D eigenvalue weighted by Gasteiger charge is 2.17. The second kappa shape index (κ2) is 7.20. The molecule has 0 N–H and O–H groups in total. The number of nitro groups is 1. The zero-order valence-corrected chi connectivity index (χ0v) is 13.2. The van der Waals surface area contributed by atoms with Crippen molar-refractivity contribution in [3.05, 3.63) is 52.3 Å². The van der Waals surface area contributed by atoms with Crippen molar-refractivity contribution in [3.8, 4) is 11.3 Å². The molecule has 0 aliphatic carbocycles. The first kappa shape index (κ1) is 16.2. The second-order valence-corrected chi connectivity index (χ2v) is 5.58. The van der Waals surface area contributed by atoms with Crippen LogP contribution in [0.15, 0.2) is 40.8 Å². The second-order valence-electron chi connectivity index (χ2n) is 5.58. The Morgan fingerprint density at radius 1 is 1.09 bits per heavy atom. The van der Waals surface area contributed by atoms with Crippen LogP contribution in [0.4, 0.5) is 5.69 Å². The van der Waals surface area contributed by atoms with Gasteiger partial charge in [0.1, 0.15) is 11.5 Å². The van der Waals surface area contributed by atoms with Gasteiger partial charge in [-0.05, 0) is 39.3 Å². The molecule has 1 aromatic carbocycles. The summed E-state index contributed by atoms with van der Waals surface area (Å²) in [6.07, 6.45) is 0. The maximum Gasteiger partial charge on any atom is 0.280 e. The molecule has 0 bridgehead atoms. The molecule has 0 saturated heterocycles. The Hall–Kier alpha value is -2.18. The maximum absolute atomic E-state index is 11.1. The van der Waals surface area contributed by atoms with Crippen LogP contribution in [0.1, 0.15) is 5.76 Å². The molecule has 1 heterocycles. The van der Waals surface area contributed by atoms with Gasteiger partial charge in [0.05, 0.1) is 17.0 Å². The zero-order chi connectivity index (χ0) is 16.1. The van der Waals surface area contributed by atoms with Gasteiger partial charge in [-0.3, -0.25) is 15.0 Å². The van der Waals surface area contributed by atoms with E-state index in [-0.39, 0.29) is 10.6 Å². The van der Waals surface area contributed by atoms with E-state index < -0.39 is 0 Å². The van der Waals surface area contributed by atoms with Crippen molar-refractivity contribution in [2.75, 3.05) is 34.2 Å². The lowest BCUT2D eigenvalue weighted by Crippen LogP contribution is -2.28. The minimum Gasteiger partial charge on any atom is -0.459 e. The van der Waals surface area contributed by atoms with Crippen LogP contribution in [0.5, 0.6) is 0 Å². The molecule has 0 saturated carbocycles. The van der Waals surface area contributed by atoms with E-state index in [0.29, 0.717) is 17.9 Å². The molecule has 0 spiro atoms. The van der Waals surface area contributed by atoms with Crippen LogP contribution in [0, 0.1) is 10.1 Å². The lowest BCUT2D eigenvalue weighted by molar-refractivity contribution is -0.384. The van der Waals surface area contributed by atoms with Crippen LogP contribution in [0.3, 0.4) is 0 Å². The Balaban J connectivity index is 2.10. The third kappa shape index (κ3) is 4.16. The Kier molecular flexibility index (Phi) is 5.30. The van der Waals surface area contributed by atoms with Crippen molar-refractivity contribution >= 4 is 5.69 Å². The van der Waals surface area contributed by atoms with E-state index in [1.54, 1.807) is 24.3 Å². The van der Waals surface area contributed by atoms with E-state index in [1.165, 1.54) is 6.07 Å². The van der Waals surface area contributed by atoms with Gasteiger partial charge < -0.3 is 9.32 Å². The highest BCUT2D eigenvalue weighted by Crippen LogP contribution is 2.30. The van der Waals surface area contributed by atoms with E-state index in [4.69, 9.17) is 4.42 Å². The predicted molar refractivity (Wildman–Crippen MR) is 85.7 cm³/mol. The molecule has 0 amide bonds. The number of hydrogen-bond donors (Lipinski definition) is 0. The van der Waals surface area contributed by atoms with Crippen LogP contribution < -0.4 is 0 Å². The summed E-state index contributed by atoms with van der Waals surface area (Å²) < 4.78 is 5.78. The molecule has 22 heavy (non-hydrogen) atoms. The van der Waals surface area contributed by atoms with Gasteiger partial charge in [-0.1, -0.05) is 12.1 Å². The topological polar surface area (TPSA) is 62.8 Å². The molecule has 0 unspecified atom stereocenters. The number of nitro benzene ring substituents is 1. The Morgan fingerprint density at radius 2 is 1.82 bits per heavy atom. The van der Waals surface area contributed by atoms with Crippen LogP contribution >= 0.6 is 0 Å². The fourth-order valence-corrected chi connectivity index (χ4v) is 2.16. The highest BCUT2D eigenvalue weighted by molar-refractivity contribution is 5.69. The molecule has 0 atom stereocenters. The molecule has 6 nitrogen and oxygen atoms in total. The lowest BCUT2D eigenvalue weighted by atomic mass is 10.1. The molecule has 2 rings (SSSR count). The number of benzene rings is 1.